The van der Waals surface area contributed by atoms with Crippen LogP contribution in [0.25, 0.3) is 0 Å². The van der Waals surface area contributed by atoms with E-state index in [4.69, 9.17) is 4.74 Å². The predicted octanol–water partition coefficient (Wildman–Crippen LogP) is 4.31. The number of amides is 2. The van der Waals surface area contributed by atoms with Gasteiger partial charge >= 0.3 is 6.09 Å². The Labute approximate surface area is 158 Å². The number of nitrogens with one attached hydrogen (secondary N) is 2. The molecule has 1 aromatic rings. The lowest BCUT2D eigenvalue weighted by atomic mass is 9.90. The minimum atomic E-state index is -0.914. The number of ether oxygens (including phenoxy) is 1. The largest absolute Gasteiger partial charge is 0.444 e. The van der Waals surface area contributed by atoms with Gasteiger partial charge in [0.25, 0.3) is 5.91 Å². The first-order valence-corrected chi connectivity index (χ1v) is 9.35. The zero-order valence-electron chi connectivity index (χ0n) is 16.2. The second-order valence-electron chi connectivity index (χ2n) is 8.13. The van der Waals surface area contributed by atoms with Crippen LogP contribution in [-0.2, 0) is 4.74 Å². The Kier molecular flexibility index (Phi) is 6.78. The van der Waals surface area contributed by atoms with Gasteiger partial charge < -0.3 is 15.4 Å². The normalized spacial score (nSPS) is 16.9. The minimum absolute atomic E-state index is 0.155. The van der Waals surface area contributed by atoms with E-state index in [-0.39, 0.29) is 12.1 Å². The van der Waals surface area contributed by atoms with Crippen LogP contribution in [0.4, 0.5) is 13.6 Å². The van der Waals surface area contributed by atoms with Crippen molar-refractivity contribution in [3.05, 3.63) is 35.4 Å². The molecule has 0 aromatic heterocycles. The number of hydrogen-bond donors (Lipinski definition) is 2. The van der Waals surface area contributed by atoms with Crippen LogP contribution in [0.5, 0.6) is 0 Å². The molecule has 27 heavy (non-hydrogen) atoms. The van der Waals surface area contributed by atoms with Gasteiger partial charge in [-0.1, -0.05) is 25.7 Å². The van der Waals surface area contributed by atoms with Crippen molar-refractivity contribution in [1.82, 2.24) is 10.6 Å². The zero-order valence-corrected chi connectivity index (χ0v) is 16.2. The second kappa shape index (κ2) is 8.67. The van der Waals surface area contributed by atoms with Gasteiger partial charge in [0.2, 0.25) is 0 Å². The molecular formula is C20H28F2N2O3. The summed E-state index contributed by atoms with van der Waals surface area (Å²) in [6.45, 7) is 5.50. The van der Waals surface area contributed by atoms with Crippen LogP contribution < -0.4 is 10.6 Å². The van der Waals surface area contributed by atoms with Crippen LogP contribution >= 0.6 is 0 Å². The van der Waals surface area contributed by atoms with Gasteiger partial charge in [0.1, 0.15) is 17.2 Å². The monoisotopic (exact) mass is 382 g/mol. The third kappa shape index (κ3) is 6.48. The van der Waals surface area contributed by atoms with Crippen LogP contribution in [0.1, 0.15) is 69.7 Å². The summed E-state index contributed by atoms with van der Waals surface area (Å²) in [5.74, 6) is -2.29. The van der Waals surface area contributed by atoms with Gasteiger partial charge in [-0.2, -0.15) is 0 Å². The molecule has 0 saturated heterocycles. The van der Waals surface area contributed by atoms with Crippen LogP contribution in [0, 0.1) is 11.6 Å². The Balaban J connectivity index is 2.09. The molecule has 0 unspecified atom stereocenters. The van der Waals surface area contributed by atoms with Crippen LogP contribution in [0.15, 0.2) is 18.2 Å². The molecule has 0 radical (unpaired) electrons. The zero-order chi connectivity index (χ0) is 20.1. The SMILES string of the molecule is CC(C)(C)OC(=O)NC1(CNC(=O)c2ccc(F)cc2F)CCCCCC1. The van der Waals surface area contributed by atoms with E-state index < -0.39 is 34.8 Å². The molecular weight excluding hydrogens is 354 g/mol. The Morgan fingerprint density at radius 3 is 2.30 bits per heavy atom. The van der Waals surface area contributed by atoms with E-state index in [9.17, 15) is 18.4 Å². The highest BCUT2D eigenvalue weighted by atomic mass is 19.1. The molecule has 2 amide bonds. The third-order valence-corrected chi connectivity index (χ3v) is 4.59. The Bertz CT molecular complexity index is 678. The maximum absolute atomic E-state index is 13.8. The van der Waals surface area contributed by atoms with Gasteiger partial charge in [0, 0.05) is 12.6 Å². The third-order valence-electron chi connectivity index (χ3n) is 4.59. The van der Waals surface area contributed by atoms with Crippen LogP contribution in [0.3, 0.4) is 0 Å². The summed E-state index contributed by atoms with van der Waals surface area (Å²) in [7, 11) is 0. The minimum Gasteiger partial charge on any atom is -0.444 e. The molecule has 0 heterocycles. The van der Waals surface area contributed by atoms with Crippen molar-refractivity contribution in [1.29, 1.82) is 0 Å². The Hall–Kier alpha value is -2.18. The van der Waals surface area contributed by atoms with E-state index in [1.807, 2.05) is 0 Å². The first kappa shape index (κ1) is 21.1. The number of carbonyl (C=O) groups excluding carboxylic acids is 2. The molecule has 0 atom stereocenters. The molecule has 1 aliphatic rings. The first-order chi connectivity index (χ1) is 12.6. The fourth-order valence-electron chi connectivity index (χ4n) is 3.29. The van der Waals surface area contributed by atoms with Crippen molar-refractivity contribution < 1.29 is 23.1 Å². The number of benzene rings is 1. The lowest BCUT2D eigenvalue weighted by Crippen LogP contribution is -2.56. The predicted molar refractivity (Wildman–Crippen MR) is 98.5 cm³/mol. The number of rotatable bonds is 4. The average molecular weight is 382 g/mol. The molecule has 0 spiro atoms. The van der Waals surface area contributed by atoms with Gasteiger partial charge in [0.15, 0.2) is 0 Å². The lowest BCUT2D eigenvalue weighted by Gasteiger charge is -2.35. The molecule has 1 saturated carbocycles. The fourth-order valence-corrected chi connectivity index (χ4v) is 3.29. The van der Waals surface area contributed by atoms with Crippen molar-refractivity contribution in [2.45, 2.75) is 70.4 Å². The maximum atomic E-state index is 13.8. The highest BCUT2D eigenvalue weighted by molar-refractivity contribution is 5.94. The summed E-state index contributed by atoms with van der Waals surface area (Å²) in [6, 6.07) is 2.83. The summed E-state index contributed by atoms with van der Waals surface area (Å²) >= 11 is 0. The first-order valence-electron chi connectivity index (χ1n) is 9.35. The van der Waals surface area contributed by atoms with Crippen molar-refractivity contribution in [2.24, 2.45) is 0 Å². The molecule has 1 fully saturated rings. The van der Waals surface area contributed by atoms with Gasteiger partial charge in [-0.25, -0.2) is 13.6 Å². The summed E-state index contributed by atoms with van der Waals surface area (Å²) < 4.78 is 32.2. The molecule has 1 aromatic carbocycles. The van der Waals surface area contributed by atoms with Crippen molar-refractivity contribution in [3.8, 4) is 0 Å². The number of hydrogen-bond acceptors (Lipinski definition) is 3. The number of halogens is 2. The fraction of sp³-hybridized carbons (Fsp3) is 0.600. The standard InChI is InChI=1S/C20H28F2N2O3/c1-19(2,3)27-18(26)24-20(10-6-4-5-7-11-20)13-23-17(25)15-9-8-14(21)12-16(15)22/h8-9,12H,4-7,10-11,13H2,1-3H3,(H,23,25)(H,24,26). The number of alkyl carbamates (subject to hydrolysis) is 1. The van der Waals surface area contributed by atoms with Gasteiger partial charge in [-0.15, -0.1) is 0 Å². The summed E-state index contributed by atoms with van der Waals surface area (Å²) in [5.41, 5.74) is -1.50. The van der Waals surface area contributed by atoms with E-state index >= 15 is 0 Å². The highest BCUT2D eigenvalue weighted by Crippen LogP contribution is 2.27. The van der Waals surface area contributed by atoms with Gasteiger partial charge in [-0.05, 0) is 45.7 Å². The van der Waals surface area contributed by atoms with Crippen molar-refractivity contribution in [2.75, 3.05) is 6.54 Å². The van der Waals surface area contributed by atoms with E-state index in [1.165, 1.54) is 0 Å². The molecule has 2 N–H and O–H groups in total. The van der Waals surface area contributed by atoms with E-state index in [0.717, 1.165) is 37.8 Å². The smallest absolute Gasteiger partial charge is 0.408 e. The average Bonchev–Trinajstić information content (AvgIpc) is 2.77. The molecule has 150 valence electrons. The summed E-state index contributed by atoms with van der Waals surface area (Å²) in [5, 5.41) is 5.62. The van der Waals surface area contributed by atoms with E-state index in [0.29, 0.717) is 18.9 Å². The molecule has 1 aliphatic carbocycles. The second-order valence-corrected chi connectivity index (χ2v) is 8.13. The quantitative estimate of drug-likeness (QED) is 0.763. The Morgan fingerprint density at radius 2 is 1.74 bits per heavy atom. The van der Waals surface area contributed by atoms with Gasteiger partial charge in [0.05, 0.1) is 11.1 Å². The topological polar surface area (TPSA) is 67.4 Å². The van der Waals surface area contributed by atoms with Crippen molar-refractivity contribution in [3.63, 3.8) is 0 Å². The molecule has 2 rings (SSSR count). The molecule has 5 nitrogen and oxygen atoms in total. The summed E-state index contributed by atoms with van der Waals surface area (Å²) in [4.78, 5) is 24.6. The molecule has 0 bridgehead atoms. The molecule has 7 heteroatoms. The highest BCUT2D eigenvalue weighted by Gasteiger charge is 2.35. The number of carbonyl (C=O) groups is 2. The van der Waals surface area contributed by atoms with Crippen LogP contribution in [-0.4, -0.2) is 29.7 Å². The van der Waals surface area contributed by atoms with Crippen molar-refractivity contribution >= 4 is 12.0 Å². The lowest BCUT2D eigenvalue weighted by molar-refractivity contribution is 0.0437. The maximum Gasteiger partial charge on any atom is 0.408 e. The van der Waals surface area contributed by atoms with Gasteiger partial charge in [-0.3, -0.25) is 4.79 Å². The Morgan fingerprint density at radius 1 is 1.11 bits per heavy atom. The van der Waals surface area contributed by atoms with E-state index in [1.54, 1.807) is 20.8 Å². The summed E-state index contributed by atoms with van der Waals surface area (Å²) in [6.07, 6.45) is 4.78. The van der Waals surface area contributed by atoms with Crippen LogP contribution in [0.2, 0.25) is 0 Å². The molecule has 0 aliphatic heterocycles. The van der Waals surface area contributed by atoms with E-state index in [2.05, 4.69) is 10.6 Å².